The van der Waals surface area contributed by atoms with E-state index in [1.165, 1.54) is 18.2 Å². The summed E-state index contributed by atoms with van der Waals surface area (Å²) in [5.41, 5.74) is 2.81. The van der Waals surface area contributed by atoms with Gasteiger partial charge in [0.1, 0.15) is 5.82 Å². The molecular formula is C29H21Cl2N3O3. The van der Waals surface area contributed by atoms with Crippen LogP contribution in [0.3, 0.4) is 0 Å². The van der Waals surface area contributed by atoms with Crippen LogP contribution in [-0.4, -0.2) is 14.5 Å². The van der Waals surface area contributed by atoms with Crippen LogP contribution in [0.5, 0.6) is 0 Å². The Kier molecular flexibility index (Phi) is 7.04. The highest BCUT2D eigenvalue weighted by Crippen LogP contribution is 2.30. The Morgan fingerprint density at radius 1 is 0.838 bits per heavy atom. The van der Waals surface area contributed by atoms with Crippen molar-refractivity contribution >= 4 is 39.8 Å². The molecule has 4 aromatic carbocycles. The third-order valence-corrected chi connectivity index (χ3v) is 6.80. The molecule has 6 nitrogen and oxygen atoms in total. The second kappa shape index (κ2) is 10.5. The minimum atomic E-state index is -0.510. The molecule has 5 rings (SSSR count). The largest absolute Gasteiger partial charge is 0.291 e. The molecule has 184 valence electrons. The van der Waals surface area contributed by atoms with Crippen molar-refractivity contribution in [1.82, 2.24) is 9.55 Å². The number of hydrogen-bond acceptors (Lipinski definition) is 4. The summed E-state index contributed by atoms with van der Waals surface area (Å²) in [5.74, 6) is 0.310. The zero-order chi connectivity index (χ0) is 25.9. The first-order valence-electron chi connectivity index (χ1n) is 11.6. The number of non-ortho nitro benzene ring substituents is 1. The summed E-state index contributed by atoms with van der Waals surface area (Å²) in [5, 5.41) is 12.8. The summed E-state index contributed by atoms with van der Waals surface area (Å²) in [6, 6.07) is 28.9. The molecule has 0 fully saturated rings. The van der Waals surface area contributed by atoms with Gasteiger partial charge in [0.15, 0.2) is 0 Å². The minimum absolute atomic E-state index is 0.155. The summed E-state index contributed by atoms with van der Waals surface area (Å²) >= 11 is 12.2. The standard InChI is InChI=1S/C29H21Cl2N3O3/c30-22-10-6-19(7-11-22)16-25(21-4-2-1-3-5-21)28-32-27-15-14-24(34(36)37)17-26(27)29(35)33(28)18-20-8-12-23(31)13-9-20/h1-15,17,25H,16,18H2. The first-order chi connectivity index (χ1) is 17.9. The molecule has 37 heavy (non-hydrogen) atoms. The summed E-state index contributed by atoms with van der Waals surface area (Å²) < 4.78 is 1.61. The lowest BCUT2D eigenvalue weighted by atomic mass is 9.90. The number of nitro benzene ring substituents is 1. The number of aromatic nitrogens is 2. The molecule has 0 saturated carbocycles. The van der Waals surface area contributed by atoms with E-state index in [1.807, 2.05) is 66.7 Å². The van der Waals surface area contributed by atoms with Crippen molar-refractivity contribution in [3.63, 3.8) is 0 Å². The van der Waals surface area contributed by atoms with Gasteiger partial charge in [0.05, 0.1) is 22.4 Å². The molecule has 5 aromatic rings. The molecule has 1 heterocycles. The molecule has 1 unspecified atom stereocenters. The van der Waals surface area contributed by atoms with Crippen LogP contribution in [0.4, 0.5) is 5.69 Å². The van der Waals surface area contributed by atoms with Crippen LogP contribution in [0.1, 0.15) is 28.4 Å². The highest BCUT2D eigenvalue weighted by atomic mass is 35.5. The maximum Gasteiger partial charge on any atom is 0.270 e. The number of rotatable bonds is 7. The Bertz CT molecular complexity index is 1630. The fourth-order valence-corrected chi connectivity index (χ4v) is 4.68. The van der Waals surface area contributed by atoms with E-state index < -0.39 is 4.92 Å². The zero-order valence-electron chi connectivity index (χ0n) is 19.6. The van der Waals surface area contributed by atoms with E-state index in [1.54, 1.807) is 16.7 Å². The fourth-order valence-electron chi connectivity index (χ4n) is 4.43. The Labute approximate surface area is 222 Å². The second-order valence-corrected chi connectivity index (χ2v) is 9.61. The molecule has 0 aliphatic rings. The SMILES string of the molecule is O=c1c2cc([N+](=O)[O-])ccc2nc(C(Cc2ccc(Cl)cc2)c2ccccc2)n1Cc1ccc(Cl)cc1. The summed E-state index contributed by atoms with van der Waals surface area (Å²) in [4.78, 5) is 29.7. The van der Waals surface area contributed by atoms with Crippen molar-refractivity contribution in [1.29, 1.82) is 0 Å². The highest BCUT2D eigenvalue weighted by molar-refractivity contribution is 6.30. The van der Waals surface area contributed by atoms with Crippen molar-refractivity contribution in [2.45, 2.75) is 18.9 Å². The van der Waals surface area contributed by atoms with Crippen LogP contribution >= 0.6 is 23.2 Å². The molecule has 8 heteroatoms. The van der Waals surface area contributed by atoms with Crippen LogP contribution in [0.15, 0.2) is 102 Å². The number of nitro groups is 1. The van der Waals surface area contributed by atoms with Crippen molar-refractivity contribution in [3.8, 4) is 0 Å². The molecule has 1 atom stereocenters. The lowest BCUT2D eigenvalue weighted by Crippen LogP contribution is -2.28. The maximum atomic E-state index is 13.9. The van der Waals surface area contributed by atoms with Crippen LogP contribution in [0, 0.1) is 10.1 Å². The first kappa shape index (κ1) is 24.7. The van der Waals surface area contributed by atoms with E-state index >= 15 is 0 Å². The molecule has 0 aliphatic heterocycles. The molecule has 1 aromatic heterocycles. The quantitative estimate of drug-likeness (QED) is 0.167. The average molecular weight is 530 g/mol. The zero-order valence-corrected chi connectivity index (χ0v) is 21.1. The Hall–Kier alpha value is -4.00. The van der Waals surface area contributed by atoms with Gasteiger partial charge >= 0.3 is 0 Å². The van der Waals surface area contributed by atoms with E-state index in [-0.39, 0.29) is 29.1 Å². The minimum Gasteiger partial charge on any atom is -0.291 e. The van der Waals surface area contributed by atoms with E-state index in [0.29, 0.717) is 27.8 Å². The van der Waals surface area contributed by atoms with E-state index in [9.17, 15) is 14.9 Å². The summed E-state index contributed by atoms with van der Waals surface area (Å²) in [6.07, 6.45) is 0.576. The smallest absolute Gasteiger partial charge is 0.270 e. The summed E-state index contributed by atoms with van der Waals surface area (Å²) in [6.45, 7) is 0.237. The van der Waals surface area contributed by atoms with Gasteiger partial charge in [0.2, 0.25) is 0 Å². The van der Waals surface area contributed by atoms with E-state index in [4.69, 9.17) is 28.2 Å². The first-order valence-corrected chi connectivity index (χ1v) is 12.4. The lowest BCUT2D eigenvalue weighted by Gasteiger charge is -2.22. The van der Waals surface area contributed by atoms with Gasteiger partial charge < -0.3 is 0 Å². The molecule has 0 saturated heterocycles. The van der Waals surface area contributed by atoms with Gasteiger partial charge in [-0.05, 0) is 53.4 Å². The molecule has 0 aliphatic carbocycles. The Morgan fingerprint density at radius 3 is 2.08 bits per heavy atom. The van der Waals surface area contributed by atoms with Crippen molar-refractivity contribution < 1.29 is 4.92 Å². The van der Waals surface area contributed by atoms with Gasteiger partial charge in [-0.25, -0.2) is 4.98 Å². The number of nitrogens with zero attached hydrogens (tertiary/aromatic N) is 3. The van der Waals surface area contributed by atoms with Crippen LogP contribution in [0.25, 0.3) is 10.9 Å². The van der Waals surface area contributed by atoms with Gasteiger partial charge in [-0.1, -0.05) is 77.8 Å². The van der Waals surface area contributed by atoms with Gasteiger partial charge in [0.25, 0.3) is 11.2 Å². The van der Waals surface area contributed by atoms with Gasteiger partial charge in [-0.15, -0.1) is 0 Å². The highest BCUT2D eigenvalue weighted by Gasteiger charge is 2.24. The predicted octanol–water partition coefficient (Wildman–Crippen LogP) is 7.03. The van der Waals surface area contributed by atoms with E-state index in [0.717, 1.165) is 16.7 Å². The third kappa shape index (κ3) is 5.40. The lowest BCUT2D eigenvalue weighted by molar-refractivity contribution is -0.384. The molecule has 0 N–H and O–H groups in total. The number of hydrogen-bond donors (Lipinski definition) is 0. The van der Waals surface area contributed by atoms with Gasteiger partial charge in [0, 0.05) is 28.1 Å². The molecular weight excluding hydrogens is 509 g/mol. The molecule has 0 bridgehead atoms. The van der Waals surface area contributed by atoms with Crippen molar-refractivity contribution in [2.75, 3.05) is 0 Å². The average Bonchev–Trinajstić information content (AvgIpc) is 2.91. The predicted molar refractivity (Wildman–Crippen MR) is 147 cm³/mol. The molecule has 0 spiro atoms. The van der Waals surface area contributed by atoms with Crippen molar-refractivity contribution in [3.05, 3.63) is 150 Å². The van der Waals surface area contributed by atoms with Gasteiger partial charge in [-0.3, -0.25) is 19.5 Å². The Balaban J connectivity index is 1.74. The molecule has 0 amide bonds. The maximum absolute atomic E-state index is 13.9. The fraction of sp³-hybridized carbons (Fsp3) is 0.103. The Morgan fingerprint density at radius 2 is 1.46 bits per heavy atom. The molecule has 0 radical (unpaired) electrons. The number of fused-ring (bicyclic) bond motifs is 1. The monoisotopic (exact) mass is 529 g/mol. The topological polar surface area (TPSA) is 78.0 Å². The van der Waals surface area contributed by atoms with E-state index in [2.05, 4.69) is 0 Å². The normalized spacial score (nSPS) is 11.9. The number of benzene rings is 4. The van der Waals surface area contributed by atoms with Crippen LogP contribution < -0.4 is 5.56 Å². The van der Waals surface area contributed by atoms with Gasteiger partial charge in [-0.2, -0.15) is 0 Å². The second-order valence-electron chi connectivity index (χ2n) is 8.74. The number of halogens is 2. The summed E-state index contributed by atoms with van der Waals surface area (Å²) in [7, 11) is 0. The third-order valence-electron chi connectivity index (χ3n) is 6.30. The van der Waals surface area contributed by atoms with Crippen molar-refractivity contribution in [2.24, 2.45) is 0 Å². The van der Waals surface area contributed by atoms with Crippen LogP contribution in [0.2, 0.25) is 10.0 Å². The van der Waals surface area contributed by atoms with Crippen LogP contribution in [-0.2, 0) is 13.0 Å².